The third-order valence-corrected chi connectivity index (χ3v) is 5.49. The molecule has 2 atom stereocenters. The van der Waals surface area contributed by atoms with Gasteiger partial charge in [-0.15, -0.1) is 0 Å². The third-order valence-electron chi connectivity index (χ3n) is 5.13. The lowest BCUT2D eigenvalue weighted by atomic mass is 9.76. The van der Waals surface area contributed by atoms with E-state index in [0.717, 1.165) is 44.0 Å². The lowest BCUT2D eigenvalue weighted by Gasteiger charge is -2.36. The molecule has 0 amide bonds. The van der Waals surface area contributed by atoms with Gasteiger partial charge < -0.3 is 19.3 Å². The Morgan fingerprint density at radius 1 is 1.32 bits per heavy atom. The van der Waals surface area contributed by atoms with Crippen molar-refractivity contribution in [1.29, 1.82) is 0 Å². The Labute approximate surface area is 134 Å². The van der Waals surface area contributed by atoms with Crippen LogP contribution in [0.2, 0.25) is 5.02 Å². The van der Waals surface area contributed by atoms with Gasteiger partial charge in [0, 0.05) is 42.7 Å². The highest BCUT2D eigenvalue weighted by atomic mass is 35.5. The van der Waals surface area contributed by atoms with E-state index < -0.39 is 0 Å². The second-order valence-electron chi connectivity index (χ2n) is 6.53. The number of hydrogen-bond acceptors (Lipinski definition) is 5. The minimum Gasteiger partial charge on any atom is -0.454 e. The molecule has 0 bridgehead atoms. The monoisotopic (exact) mass is 325 g/mol. The van der Waals surface area contributed by atoms with Gasteiger partial charge in [0.1, 0.15) is 0 Å². The number of aliphatic hydroxyl groups excluding tert-OH is 1. The van der Waals surface area contributed by atoms with E-state index >= 15 is 0 Å². The fourth-order valence-corrected chi connectivity index (χ4v) is 4.09. The fraction of sp³-hybridized carbons (Fsp3) is 0.625. The van der Waals surface area contributed by atoms with Gasteiger partial charge in [-0.1, -0.05) is 11.6 Å². The molecule has 1 N–H and O–H groups in total. The molecule has 4 rings (SSSR count). The van der Waals surface area contributed by atoms with E-state index in [-0.39, 0.29) is 18.8 Å². The van der Waals surface area contributed by atoms with Crippen LogP contribution in [0.4, 0.5) is 0 Å². The highest BCUT2D eigenvalue weighted by molar-refractivity contribution is 6.31. The molecule has 1 aromatic carbocycles. The molecule has 0 unspecified atom stereocenters. The van der Waals surface area contributed by atoms with E-state index in [4.69, 9.17) is 25.8 Å². The molecule has 3 aliphatic heterocycles. The SMILES string of the molecule is OC[C@]12COCC[C@H]1CN(Cc1cc3c(cc1Cl)OCO3)C2. The molecular weight excluding hydrogens is 306 g/mol. The summed E-state index contributed by atoms with van der Waals surface area (Å²) in [6.45, 7) is 4.47. The summed E-state index contributed by atoms with van der Waals surface area (Å²) in [7, 11) is 0. The predicted molar refractivity (Wildman–Crippen MR) is 81.3 cm³/mol. The summed E-state index contributed by atoms with van der Waals surface area (Å²) >= 11 is 6.37. The first-order chi connectivity index (χ1) is 10.7. The Bertz CT molecular complexity index is 582. The maximum Gasteiger partial charge on any atom is 0.231 e. The van der Waals surface area contributed by atoms with Crippen molar-refractivity contribution in [2.45, 2.75) is 13.0 Å². The standard InChI is InChI=1S/C16H20ClNO4/c17-13-4-15-14(21-10-22-15)3-11(13)5-18-6-12-1-2-20-9-16(12,7-18)8-19/h3-4,12,19H,1-2,5-10H2/t12-,16+/m0/s1. The van der Waals surface area contributed by atoms with Crippen LogP contribution in [0, 0.1) is 11.3 Å². The van der Waals surface area contributed by atoms with E-state index in [9.17, 15) is 5.11 Å². The number of likely N-dealkylation sites (tertiary alicyclic amines) is 1. The summed E-state index contributed by atoms with van der Waals surface area (Å²) in [6.07, 6.45) is 1.02. The van der Waals surface area contributed by atoms with Crippen molar-refractivity contribution >= 4 is 11.6 Å². The van der Waals surface area contributed by atoms with E-state index in [0.29, 0.717) is 23.3 Å². The first kappa shape index (κ1) is 14.6. The summed E-state index contributed by atoms with van der Waals surface area (Å²) in [6, 6.07) is 3.79. The van der Waals surface area contributed by atoms with E-state index in [1.54, 1.807) is 0 Å². The number of rotatable bonds is 3. The molecule has 6 heteroatoms. The topological polar surface area (TPSA) is 51.2 Å². The molecule has 5 nitrogen and oxygen atoms in total. The molecule has 0 saturated carbocycles. The predicted octanol–water partition coefficient (Wildman–Crippen LogP) is 1.90. The average molecular weight is 326 g/mol. The lowest BCUT2D eigenvalue weighted by molar-refractivity contribution is -0.0561. The second-order valence-corrected chi connectivity index (χ2v) is 6.93. The van der Waals surface area contributed by atoms with Gasteiger partial charge in [0.2, 0.25) is 6.79 Å². The van der Waals surface area contributed by atoms with E-state index in [2.05, 4.69) is 4.90 Å². The molecule has 1 aromatic rings. The number of hydrogen-bond donors (Lipinski definition) is 1. The minimum absolute atomic E-state index is 0.110. The Hall–Kier alpha value is -1.01. The summed E-state index contributed by atoms with van der Waals surface area (Å²) in [5.41, 5.74) is 0.930. The van der Waals surface area contributed by atoms with Gasteiger partial charge in [-0.3, -0.25) is 4.90 Å². The second kappa shape index (κ2) is 5.57. The van der Waals surface area contributed by atoms with Crippen molar-refractivity contribution < 1.29 is 19.3 Å². The quantitative estimate of drug-likeness (QED) is 0.920. The number of nitrogens with zero attached hydrogens (tertiary/aromatic N) is 1. The average Bonchev–Trinajstić information content (AvgIpc) is 3.11. The summed E-state index contributed by atoms with van der Waals surface area (Å²) in [4.78, 5) is 2.36. The van der Waals surface area contributed by atoms with Crippen molar-refractivity contribution in [3.63, 3.8) is 0 Å². The summed E-state index contributed by atoms with van der Waals surface area (Å²) in [5, 5.41) is 10.6. The van der Waals surface area contributed by atoms with Crippen LogP contribution in [0.15, 0.2) is 12.1 Å². The number of fused-ring (bicyclic) bond motifs is 2. The molecule has 22 heavy (non-hydrogen) atoms. The van der Waals surface area contributed by atoms with Gasteiger partial charge >= 0.3 is 0 Å². The van der Waals surface area contributed by atoms with Crippen molar-refractivity contribution in [1.82, 2.24) is 4.90 Å². The van der Waals surface area contributed by atoms with E-state index in [1.165, 1.54) is 0 Å². The van der Waals surface area contributed by atoms with Gasteiger partial charge in [-0.25, -0.2) is 0 Å². The normalized spacial score (nSPS) is 30.5. The zero-order valence-electron chi connectivity index (χ0n) is 12.4. The van der Waals surface area contributed by atoms with Gasteiger partial charge in [0.15, 0.2) is 11.5 Å². The Kier molecular flexibility index (Phi) is 3.69. The van der Waals surface area contributed by atoms with Crippen molar-refractivity contribution in [2.75, 3.05) is 39.7 Å². The molecular formula is C16H20ClNO4. The summed E-state index contributed by atoms with van der Waals surface area (Å²) < 4.78 is 16.4. The molecule has 0 aliphatic carbocycles. The van der Waals surface area contributed by atoms with Crippen molar-refractivity contribution in [3.05, 3.63) is 22.7 Å². The Morgan fingerprint density at radius 3 is 2.91 bits per heavy atom. The number of aliphatic hydroxyl groups is 1. The molecule has 0 aromatic heterocycles. The van der Waals surface area contributed by atoms with Crippen LogP contribution in [-0.4, -0.2) is 49.7 Å². The van der Waals surface area contributed by atoms with Gasteiger partial charge in [0.25, 0.3) is 0 Å². The highest BCUT2D eigenvalue weighted by Crippen LogP contribution is 2.43. The van der Waals surface area contributed by atoms with Gasteiger partial charge in [0.05, 0.1) is 13.2 Å². The third kappa shape index (κ3) is 2.36. The number of halogens is 1. The Balaban J connectivity index is 1.53. The minimum atomic E-state index is -0.110. The molecule has 0 radical (unpaired) electrons. The first-order valence-corrected chi connectivity index (χ1v) is 8.07. The van der Waals surface area contributed by atoms with Crippen LogP contribution in [0.5, 0.6) is 11.5 Å². The van der Waals surface area contributed by atoms with Gasteiger partial charge in [-0.05, 0) is 24.0 Å². The molecule has 3 heterocycles. The molecule has 0 spiro atoms. The maximum absolute atomic E-state index is 9.85. The molecule has 3 aliphatic rings. The van der Waals surface area contributed by atoms with Crippen LogP contribution in [0.25, 0.3) is 0 Å². The summed E-state index contributed by atoms with van der Waals surface area (Å²) in [5.74, 6) is 1.97. The molecule has 2 saturated heterocycles. The van der Waals surface area contributed by atoms with Crippen molar-refractivity contribution in [2.24, 2.45) is 11.3 Å². The molecule has 120 valence electrons. The maximum atomic E-state index is 9.85. The van der Waals surface area contributed by atoms with Crippen LogP contribution in [0.1, 0.15) is 12.0 Å². The smallest absolute Gasteiger partial charge is 0.231 e. The fourth-order valence-electron chi connectivity index (χ4n) is 3.87. The lowest BCUT2D eigenvalue weighted by Crippen LogP contribution is -2.42. The number of ether oxygens (including phenoxy) is 3. The highest BCUT2D eigenvalue weighted by Gasteiger charge is 2.48. The zero-order valence-corrected chi connectivity index (χ0v) is 13.1. The van der Waals surface area contributed by atoms with Crippen LogP contribution in [-0.2, 0) is 11.3 Å². The van der Waals surface area contributed by atoms with Crippen LogP contribution in [0.3, 0.4) is 0 Å². The Morgan fingerprint density at radius 2 is 2.14 bits per heavy atom. The zero-order chi connectivity index (χ0) is 15.2. The molecule has 2 fully saturated rings. The van der Waals surface area contributed by atoms with E-state index in [1.807, 2.05) is 12.1 Å². The van der Waals surface area contributed by atoms with Gasteiger partial charge in [-0.2, -0.15) is 0 Å². The largest absolute Gasteiger partial charge is 0.454 e. The number of benzene rings is 1. The van der Waals surface area contributed by atoms with Crippen LogP contribution < -0.4 is 9.47 Å². The van der Waals surface area contributed by atoms with Crippen LogP contribution >= 0.6 is 11.6 Å². The first-order valence-electron chi connectivity index (χ1n) is 7.69. The van der Waals surface area contributed by atoms with Crippen molar-refractivity contribution in [3.8, 4) is 11.5 Å².